The Balaban J connectivity index is 1.69. The molecule has 0 spiro atoms. The largest absolute Gasteiger partial charge is 0.381 e. The van der Waals surface area contributed by atoms with Crippen molar-refractivity contribution in [1.29, 1.82) is 0 Å². The molecule has 3 heterocycles. The number of aromatic nitrogens is 2. The Hall–Kier alpha value is -3.00. The monoisotopic (exact) mass is 437 g/mol. The van der Waals surface area contributed by atoms with Gasteiger partial charge in [-0.1, -0.05) is 6.92 Å². The molecule has 0 radical (unpaired) electrons. The zero-order valence-corrected chi connectivity index (χ0v) is 19.1. The molecule has 2 amide bonds. The maximum atomic E-state index is 13.0. The SMILES string of the molecule is CC(=O)N1c2ccc(C(=O)NC3CCOCC3)cc2C(Nc2nccc(C)n2)C(C)C1C. The van der Waals surface area contributed by atoms with Gasteiger partial charge in [0.2, 0.25) is 11.9 Å². The number of benzene rings is 1. The predicted molar refractivity (Wildman–Crippen MR) is 123 cm³/mol. The van der Waals surface area contributed by atoms with Gasteiger partial charge < -0.3 is 20.3 Å². The first-order valence-electron chi connectivity index (χ1n) is 11.2. The van der Waals surface area contributed by atoms with E-state index in [0.717, 1.165) is 29.8 Å². The van der Waals surface area contributed by atoms with Crippen LogP contribution >= 0.6 is 0 Å². The first-order chi connectivity index (χ1) is 15.3. The molecule has 2 N–H and O–H groups in total. The molecular formula is C24H31N5O3. The van der Waals surface area contributed by atoms with Gasteiger partial charge in [0, 0.05) is 61.3 Å². The first kappa shape index (κ1) is 22.2. The van der Waals surface area contributed by atoms with Crippen LogP contribution in [0.1, 0.15) is 61.3 Å². The number of hydrogen-bond donors (Lipinski definition) is 2. The lowest BCUT2D eigenvalue weighted by Gasteiger charge is -2.44. The highest BCUT2D eigenvalue weighted by molar-refractivity contribution is 5.98. The molecule has 0 bridgehead atoms. The molecule has 2 aliphatic rings. The molecule has 32 heavy (non-hydrogen) atoms. The summed E-state index contributed by atoms with van der Waals surface area (Å²) >= 11 is 0. The highest BCUT2D eigenvalue weighted by atomic mass is 16.5. The second kappa shape index (κ2) is 9.24. The lowest BCUT2D eigenvalue weighted by atomic mass is 9.82. The number of ether oxygens (including phenoxy) is 1. The number of rotatable bonds is 4. The van der Waals surface area contributed by atoms with E-state index in [9.17, 15) is 9.59 Å². The topological polar surface area (TPSA) is 96.5 Å². The third-order valence-electron chi connectivity index (χ3n) is 6.55. The van der Waals surface area contributed by atoms with Gasteiger partial charge in [-0.05, 0) is 56.5 Å². The van der Waals surface area contributed by atoms with E-state index in [0.29, 0.717) is 24.7 Å². The zero-order chi connectivity index (χ0) is 22.8. The average molecular weight is 438 g/mol. The van der Waals surface area contributed by atoms with Crippen LogP contribution in [0.5, 0.6) is 0 Å². The highest BCUT2D eigenvalue weighted by Crippen LogP contribution is 2.42. The van der Waals surface area contributed by atoms with E-state index in [1.807, 2.05) is 36.9 Å². The van der Waals surface area contributed by atoms with Crippen molar-refractivity contribution in [1.82, 2.24) is 15.3 Å². The molecule has 2 aromatic rings. The fraction of sp³-hybridized carbons (Fsp3) is 0.500. The summed E-state index contributed by atoms with van der Waals surface area (Å²) in [6, 6.07) is 7.38. The molecule has 170 valence electrons. The Morgan fingerprint density at radius 3 is 2.59 bits per heavy atom. The standard InChI is InChI=1S/C24H31N5O3/c1-14-7-10-25-24(26-14)28-22-15(2)16(3)29(17(4)30)21-6-5-18(13-20(21)22)23(31)27-19-8-11-32-12-9-19/h5-7,10,13,15-16,19,22H,8-9,11-12H2,1-4H3,(H,27,31)(H,25,26,28). The normalized spacial score (nSPS) is 23.4. The molecule has 2 aliphatic heterocycles. The van der Waals surface area contributed by atoms with E-state index in [-0.39, 0.29) is 35.9 Å². The Bertz CT molecular complexity index is 1000. The molecule has 8 nitrogen and oxygen atoms in total. The van der Waals surface area contributed by atoms with Gasteiger partial charge in [-0.3, -0.25) is 9.59 Å². The van der Waals surface area contributed by atoms with Crippen LogP contribution in [0.3, 0.4) is 0 Å². The molecule has 3 atom stereocenters. The number of hydrogen-bond acceptors (Lipinski definition) is 6. The Kier molecular flexibility index (Phi) is 6.41. The van der Waals surface area contributed by atoms with Crippen molar-refractivity contribution < 1.29 is 14.3 Å². The van der Waals surface area contributed by atoms with Crippen LogP contribution in [0, 0.1) is 12.8 Å². The van der Waals surface area contributed by atoms with Crippen molar-refractivity contribution in [2.75, 3.05) is 23.4 Å². The minimum absolute atomic E-state index is 0.0183. The third-order valence-corrected chi connectivity index (χ3v) is 6.55. The van der Waals surface area contributed by atoms with Gasteiger partial charge in [-0.25, -0.2) is 9.97 Å². The molecule has 0 aliphatic carbocycles. The Labute approximate surface area is 188 Å². The van der Waals surface area contributed by atoms with Crippen molar-refractivity contribution in [2.24, 2.45) is 5.92 Å². The van der Waals surface area contributed by atoms with Crippen LogP contribution < -0.4 is 15.5 Å². The van der Waals surface area contributed by atoms with Gasteiger partial charge in [-0.2, -0.15) is 0 Å². The van der Waals surface area contributed by atoms with Crippen molar-refractivity contribution in [2.45, 2.75) is 58.7 Å². The first-order valence-corrected chi connectivity index (χ1v) is 11.2. The summed E-state index contributed by atoms with van der Waals surface area (Å²) in [6.45, 7) is 8.99. The molecule has 1 saturated heterocycles. The van der Waals surface area contributed by atoms with E-state index >= 15 is 0 Å². The minimum Gasteiger partial charge on any atom is -0.381 e. The summed E-state index contributed by atoms with van der Waals surface area (Å²) in [5.41, 5.74) is 3.16. The lowest BCUT2D eigenvalue weighted by Crippen LogP contribution is -2.48. The smallest absolute Gasteiger partial charge is 0.251 e. The number of amides is 2. The fourth-order valence-corrected chi connectivity index (χ4v) is 4.61. The lowest BCUT2D eigenvalue weighted by molar-refractivity contribution is -0.117. The third kappa shape index (κ3) is 4.46. The highest BCUT2D eigenvalue weighted by Gasteiger charge is 2.39. The van der Waals surface area contributed by atoms with Gasteiger partial charge in [-0.15, -0.1) is 0 Å². The molecule has 1 fully saturated rings. The molecule has 4 rings (SSSR count). The van der Waals surface area contributed by atoms with Crippen LogP contribution in [0.2, 0.25) is 0 Å². The summed E-state index contributed by atoms with van der Waals surface area (Å²) in [6.07, 6.45) is 3.36. The fourth-order valence-electron chi connectivity index (χ4n) is 4.61. The van der Waals surface area contributed by atoms with E-state index in [2.05, 4.69) is 27.5 Å². The number of fused-ring (bicyclic) bond motifs is 1. The van der Waals surface area contributed by atoms with E-state index in [4.69, 9.17) is 4.74 Å². The predicted octanol–water partition coefficient (Wildman–Crippen LogP) is 3.24. The van der Waals surface area contributed by atoms with Crippen molar-refractivity contribution in [3.63, 3.8) is 0 Å². The summed E-state index contributed by atoms with van der Waals surface area (Å²) in [7, 11) is 0. The van der Waals surface area contributed by atoms with Crippen LogP contribution in [-0.4, -0.2) is 47.1 Å². The summed E-state index contributed by atoms with van der Waals surface area (Å²) in [5.74, 6) is 0.485. The molecule has 8 heteroatoms. The van der Waals surface area contributed by atoms with Crippen molar-refractivity contribution in [3.8, 4) is 0 Å². The van der Waals surface area contributed by atoms with Crippen LogP contribution in [-0.2, 0) is 9.53 Å². The van der Waals surface area contributed by atoms with E-state index in [1.165, 1.54) is 0 Å². The quantitative estimate of drug-likeness (QED) is 0.762. The second-order valence-corrected chi connectivity index (χ2v) is 8.77. The second-order valence-electron chi connectivity index (χ2n) is 8.77. The molecule has 3 unspecified atom stereocenters. The van der Waals surface area contributed by atoms with Crippen molar-refractivity contribution in [3.05, 3.63) is 47.3 Å². The number of aryl methyl sites for hydroxylation is 1. The van der Waals surface area contributed by atoms with Gasteiger partial charge >= 0.3 is 0 Å². The van der Waals surface area contributed by atoms with Crippen LogP contribution in [0.4, 0.5) is 11.6 Å². The van der Waals surface area contributed by atoms with E-state index in [1.54, 1.807) is 19.2 Å². The Morgan fingerprint density at radius 1 is 1.16 bits per heavy atom. The van der Waals surface area contributed by atoms with Gasteiger partial charge in [0.05, 0.1) is 6.04 Å². The summed E-state index contributed by atoms with van der Waals surface area (Å²) in [5, 5.41) is 6.58. The van der Waals surface area contributed by atoms with Gasteiger partial charge in [0.15, 0.2) is 0 Å². The van der Waals surface area contributed by atoms with Gasteiger partial charge in [0.1, 0.15) is 0 Å². The number of carbonyl (C=O) groups is 2. The molecule has 0 saturated carbocycles. The average Bonchev–Trinajstić information content (AvgIpc) is 2.77. The Morgan fingerprint density at radius 2 is 1.91 bits per heavy atom. The maximum absolute atomic E-state index is 13.0. The van der Waals surface area contributed by atoms with Crippen LogP contribution in [0.25, 0.3) is 0 Å². The van der Waals surface area contributed by atoms with Gasteiger partial charge in [0.25, 0.3) is 5.91 Å². The maximum Gasteiger partial charge on any atom is 0.251 e. The van der Waals surface area contributed by atoms with Crippen LogP contribution in [0.15, 0.2) is 30.5 Å². The molecule has 1 aromatic carbocycles. The number of carbonyl (C=O) groups excluding carboxylic acids is 2. The molecule has 1 aromatic heterocycles. The van der Waals surface area contributed by atoms with E-state index < -0.39 is 0 Å². The summed E-state index contributed by atoms with van der Waals surface area (Å²) in [4.78, 5) is 36.2. The number of anilines is 2. The summed E-state index contributed by atoms with van der Waals surface area (Å²) < 4.78 is 5.39. The number of nitrogens with zero attached hydrogens (tertiary/aromatic N) is 3. The molecular weight excluding hydrogens is 406 g/mol. The van der Waals surface area contributed by atoms with Crippen molar-refractivity contribution >= 4 is 23.5 Å². The number of nitrogens with one attached hydrogen (secondary N) is 2. The zero-order valence-electron chi connectivity index (χ0n) is 19.1. The minimum atomic E-state index is -0.145.